The van der Waals surface area contributed by atoms with Crippen molar-refractivity contribution in [3.05, 3.63) is 42.2 Å². The van der Waals surface area contributed by atoms with Gasteiger partial charge in [0.2, 0.25) is 0 Å². The second-order valence-electron chi connectivity index (χ2n) is 3.27. The van der Waals surface area contributed by atoms with E-state index in [0.29, 0.717) is 18.8 Å². The molecule has 0 fully saturated rings. The van der Waals surface area contributed by atoms with Crippen molar-refractivity contribution in [3.63, 3.8) is 0 Å². The Morgan fingerprint density at radius 1 is 1.62 bits per heavy atom. The lowest BCUT2D eigenvalue weighted by Crippen LogP contribution is -2.25. The van der Waals surface area contributed by atoms with E-state index in [1.165, 1.54) is 6.07 Å². The first kappa shape index (κ1) is 12.2. The Morgan fingerprint density at radius 2 is 2.31 bits per heavy atom. The molecule has 0 bridgehead atoms. The molecule has 0 saturated carbocycles. The van der Waals surface area contributed by atoms with Crippen LogP contribution in [0.25, 0.3) is 0 Å². The van der Waals surface area contributed by atoms with Crippen LogP contribution in [0.1, 0.15) is 17.3 Å². The van der Waals surface area contributed by atoms with E-state index in [1.807, 2.05) is 6.92 Å². The number of rotatable bonds is 5. The molecule has 3 nitrogen and oxygen atoms in total. The Morgan fingerprint density at radius 3 is 2.81 bits per heavy atom. The van der Waals surface area contributed by atoms with Crippen LogP contribution in [0.2, 0.25) is 0 Å². The number of aromatic carboxylic acids is 1. The number of nitrogens with zero attached hydrogens (tertiary/aromatic N) is 1. The summed E-state index contributed by atoms with van der Waals surface area (Å²) >= 11 is 0. The van der Waals surface area contributed by atoms with Crippen LogP contribution in [0, 0.1) is 5.82 Å². The van der Waals surface area contributed by atoms with Gasteiger partial charge < -0.3 is 10.0 Å². The fourth-order valence-electron chi connectivity index (χ4n) is 1.54. The maximum absolute atomic E-state index is 13.4. The molecule has 0 aliphatic rings. The molecule has 0 amide bonds. The molecule has 4 heteroatoms. The van der Waals surface area contributed by atoms with E-state index in [2.05, 4.69) is 6.58 Å². The van der Waals surface area contributed by atoms with E-state index >= 15 is 0 Å². The van der Waals surface area contributed by atoms with E-state index in [0.717, 1.165) is 6.07 Å². The van der Waals surface area contributed by atoms with Crippen LogP contribution in [0.3, 0.4) is 0 Å². The second kappa shape index (κ2) is 5.30. The van der Waals surface area contributed by atoms with Gasteiger partial charge in [0.1, 0.15) is 11.4 Å². The van der Waals surface area contributed by atoms with Gasteiger partial charge in [-0.15, -0.1) is 6.58 Å². The van der Waals surface area contributed by atoms with E-state index in [-0.39, 0.29) is 5.56 Å². The summed E-state index contributed by atoms with van der Waals surface area (Å²) in [5.41, 5.74) is 0.0982. The zero-order valence-corrected chi connectivity index (χ0v) is 9.11. The molecule has 0 aliphatic heterocycles. The molecule has 0 saturated heterocycles. The highest BCUT2D eigenvalue weighted by Crippen LogP contribution is 2.23. The number of halogens is 1. The predicted octanol–water partition coefficient (Wildman–Crippen LogP) is 2.54. The van der Waals surface area contributed by atoms with Crippen molar-refractivity contribution in [2.24, 2.45) is 0 Å². The fraction of sp³-hybridized carbons (Fsp3) is 0.250. The summed E-state index contributed by atoms with van der Waals surface area (Å²) in [6.45, 7) is 6.54. The maximum atomic E-state index is 13.4. The topological polar surface area (TPSA) is 40.5 Å². The molecule has 1 N–H and O–H groups in total. The van der Waals surface area contributed by atoms with Gasteiger partial charge in [0.25, 0.3) is 0 Å². The van der Waals surface area contributed by atoms with Crippen LogP contribution in [-0.2, 0) is 0 Å². The number of carbonyl (C=O) groups is 1. The van der Waals surface area contributed by atoms with Gasteiger partial charge in [0.05, 0.1) is 5.69 Å². The predicted molar refractivity (Wildman–Crippen MR) is 61.4 cm³/mol. The summed E-state index contributed by atoms with van der Waals surface area (Å²) in [6.07, 6.45) is 1.65. The largest absolute Gasteiger partial charge is 0.478 e. The van der Waals surface area contributed by atoms with Gasteiger partial charge in [0, 0.05) is 13.1 Å². The summed E-state index contributed by atoms with van der Waals surface area (Å²) in [6, 6.07) is 4.25. The Bertz CT molecular complexity index is 404. The normalized spacial score (nSPS) is 9.88. The van der Waals surface area contributed by atoms with Gasteiger partial charge >= 0.3 is 5.97 Å². The molecular weight excluding hydrogens is 209 g/mol. The number of anilines is 1. The zero-order valence-electron chi connectivity index (χ0n) is 9.11. The lowest BCUT2D eigenvalue weighted by molar-refractivity contribution is 0.0692. The highest BCUT2D eigenvalue weighted by Gasteiger charge is 2.18. The van der Waals surface area contributed by atoms with Gasteiger partial charge in [-0.3, -0.25) is 0 Å². The van der Waals surface area contributed by atoms with E-state index in [1.54, 1.807) is 17.0 Å². The van der Waals surface area contributed by atoms with Crippen molar-refractivity contribution in [1.82, 2.24) is 0 Å². The Labute approximate surface area is 93.8 Å². The number of likely N-dealkylation sites (N-methyl/N-ethyl adjacent to an activating group) is 1. The van der Waals surface area contributed by atoms with E-state index < -0.39 is 11.8 Å². The van der Waals surface area contributed by atoms with E-state index in [4.69, 9.17) is 5.11 Å². The molecule has 16 heavy (non-hydrogen) atoms. The monoisotopic (exact) mass is 223 g/mol. The molecule has 0 unspecified atom stereocenters. The molecule has 0 atom stereocenters. The molecular formula is C12H14FNO2. The summed E-state index contributed by atoms with van der Waals surface area (Å²) in [5, 5.41) is 8.97. The standard InChI is InChI=1S/C12H14FNO2/c1-3-8-14(4-2)10-7-5-6-9(13)11(10)12(15)16/h3,5-7H,1,4,8H2,2H3,(H,15,16). The lowest BCUT2D eigenvalue weighted by atomic mass is 10.1. The smallest absolute Gasteiger partial charge is 0.340 e. The zero-order chi connectivity index (χ0) is 12.1. The highest BCUT2D eigenvalue weighted by molar-refractivity contribution is 5.94. The third-order valence-corrected chi connectivity index (χ3v) is 2.28. The number of carboxylic acid groups (broad SMARTS) is 1. The first-order valence-corrected chi connectivity index (χ1v) is 4.99. The summed E-state index contributed by atoms with van der Waals surface area (Å²) in [5.74, 6) is -1.97. The number of hydrogen-bond acceptors (Lipinski definition) is 2. The molecule has 86 valence electrons. The molecule has 1 aromatic carbocycles. The van der Waals surface area contributed by atoms with Crippen LogP contribution in [0.4, 0.5) is 10.1 Å². The minimum absolute atomic E-state index is 0.286. The molecule has 0 aromatic heterocycles. The highest BCUT2D eigenvalue weighted by atomic mass is 19.1. The van der Waals surface area contributed by atoms with Gasteiger partial charge in [0.15, 0.2) is 0 Å². The van der Waals surface area contributed by atoms with Crippen LogP contribution < -0.4 is 4.90 Å². The van der Waals surface area contributed by atoms with Gasteiger partial charge in [-0.05, 0) is 19.1 Å². The molecule has 0 aliphatic carbocycles. The first-order chi connectivity index (χ1) is 7.61. The third-order valence-electron chi connectivity index (χ3n) is 2.28. The number of hydrogen-bond donors (Lipinski definition) is 1. The van der Waals surface area contributed by atoms with Crippen molar-refractivity contribution < 1.29 is 14.3 Å². The summed E-state index contributed by atoms with van der Waals surface area (Å²) < 4.78 is 13.4. The first-order valence-electron chi connectivity index (χ1n) is 4.99. The average Bonchev–Trinajstić information content (AvgIpc) is 2.25. The Kier molecular flexibility index (Phi) is 4.05. The second-order valence-corrected chi connectivity index (χ2v) is 3.27. The fourth-order valence-corrected chi connectivity index (χ4v) is 1.54. The van der Waals surface area contributed by atoms with Crippen molar-refractivity contribution in [2.45, 2.75) is 6.92 Å². The van der Waals surface area contributed by atoms with Gasteiger partial charge in [-0.1, -0.05) is 12.1 Å². The van der Waals surface area contributed by atoms with Crippen molar-refractivity contribution in [2.75, 3.05) is 18.0 Å². The minimum Gasteiger partial charge on any atom is -0.478 e. The Hall–Kier alpha value is -1.84. The quantitative estimate of drug-likeness (QED) is 0.780. The summed E-state index contributed by atoms with van der Waals surface area (Å²) in [4.78, 5) is 12.7. The van der Waals surface area contributed by atoms with E-state index in [9.17, 15) is 9.18 Å². The van der Waals surface area contributed by atoms with Crippen LogP contribution in [0.15, 0.2) is 30.9 Å². The SMILES string of the molecule is C=CCN(CC)c1cccc(F)c1C(=O)O. The number of benzene rings is 1. The van der Waals surface area contributed by atoms with Crippen molar-refractivity contribution in [3.8, 4) is 0 Å². The average molecular weight is 223 g/mol. The van der Waals surface area contributed by atoms with Crippen molar-refractivity contribution >= 4 is 11.7 Å². The minimum atomic E-state index is -1.25. The molecule has 1 aromatic rings. The van der Waals surface area contributed by atoms with Crippen LogP contribution in [-0.4, -0.2) is 24.2 Å². The van der Waals surface area contributed by atoms with Crippen LogP contribution in [0.5, 0.6) is 0 Å². The molecule has 0 heterocycles. The molecule has 0 spiro atoms. The lowest BCUT2D eigenvalue weighted by Gasteiger charge is -2.23. The maximum Gasteiger partial charge on any atom is 0.340 e. The van der Waals surface area contributed by atoms with Gasteiger partial charge in [-0.25, -0.2) is 9.18 Å². The van der Waals surface area contributed by atoms with Crippen LogP contribution >= 0.6 is 0 Å². The molecule has 1 rings (SSSR count). The third kappa shape index (κ3) is 2.39. The number of carboxylic acids is 1. The molecule has 0 radical (unpaired) electrons. The van der Waals surface area contributed by atoms with Crippen molar-refractivity contribution in [1.29, 1.82) is 0 Å². The van der Waals surface area contributed by atoms with Gasteiger partial charge in [-0.2, -0.15) is 0 Å². The summed E-state index contributed by atoms with van der Waals surface area (Å²) in [7, 11) is 0. The Balaban J connectivity index is 3.25.